The molecule has 1 saturated heterocycles. The van der Waals surface area contributed by atoms with Gasteiger partial charge in [0.25, 0.3) is 5.91 Å². The van der Waals surface area contributed by atoms with E-state index in [2.05, 4.69) is 26.3 Å². The summed E-state index contributed by atoms with van der Waals surface area (Å²) < 4.78 is 0. The average molecular weight is 338 g/mol. The van der Waals surface area contributed by atoms with Crippen molar-refractivity contribution in [2.45, 2.75) is 32.7 Å². The largest absolute Gasteiger partial charge is 0.352 e. The van der Waals surface area contributed by atoms with Gasteiger partial charge in [-0.25, -0.2) is 0 Å². The van der Waals surface area contributed by atoms with Crippen molar-refractivity contribution in [1.82, 2.24) is 20.2 Å². The van der Waals surface area contributed by atoms with Crippen molar-refractivity contribution in [2.75, 3.05) is 19.6 Å². The van der Waals surface area contributed by atoms with Gasteiger partial charge < -0.3 is 5.32 Å². The lowest BCUT2D eigenvalue weighted by molar-refractivity contribution is 0.0946. The van der Waals surface area contributed by atoms with E-state index in [0.29, 0.717) is 11.5 Å². The van der Waals surface area contributed by atoms with Crippen LogP contribution in [-0.4, -0.2) is 40.4 Å². The van der Waals surface area contributed by atoms with Gasteiger partial charge in [-0.15, -0.1) is 0 Å². The molecular weight excluding hydrogens is 312 g/mol. The van der Waals surface area contributed by atoms with Crippen LogP contribution in [0.2, 0.25) is 0 Å². The Hall–Kier alpha value is -2.27. The van der Waals surface area contributed by atoms with Crippen LogP contribution in [0.4, 0.5) is 0 Å². The quantitative estimate of drug-likeness (QED) is 0.880. The maximum Gasteiger partial charge on any atom is 0.252 e. The molecule has 1 atom stereocenters. The molecule has 0 spiro atoms. The van der Waals surface area contributed by atoms with Gasteiger partial charge in [-0.1, -0.05) is 6.07 Å². The first-order valence-electron chi connectivity index (χ1n) is 9.04. The number of nitrogens with one attached hydrogen (secondary N) is 1. The Morgan fingerprint density at radius 1 is 1.28 bits per heavy atom. The number of nitrogens with zero attached hydrogens (tertiary/aromatic N) is 3. The summed E-state index contributed by atoms with van der Waals surface area (Å²) in [7, 11) is 0. The monoisotopic (exact) mass is 338 g/mol. The fraction of sp³-hybridized carbons (Fsp3) is 0.450. The average Bonchev–Trinajstić information content (AvgIpc) is 2.63. The highest BCUT2D eigenvalue weighted by Crippen LogP contribution is 2.20. The smallest absolute Gasteiger partial charge is 0.252 e. The number of carbonyl (C=O) groups is 1. The second-order valence-corrected chi connectivity index (χ2v) is 6.80. The topological polar surface area (TPSA) is 58.1 Å². The van der Waals surface area contributed by atoms with Crippen molar-refractivity contribution in [3.8, 4) is 0 Å². The molecule has 0 radical (unpaired) electrons. The second kappa shape index (κ2) is 8.72. The fourth-order valence-corrected chi connectivity index (χ4v) is 3.35. The van der Waals surface area contributed by atoms with E-state index in [1.807, 2.05) is 37.4 Å². The minimum Gasteiger partial charge on any atom is -0.352 e. The first-order valence-corrected chi connectivity index (χ1v) is 9.04. The summed E-state index contributed by atoms with van der Waals surface area (Å²) in [5.41, 5.74) is 2.68. The van der Waals surface area contributed by atoms with Gasteiger partial charge in [0.1, 0.15) is 0 Å². The SMILES string of the molecule is Cc1ccc(C(=O)NCCC2CCCN(Cc3ccccn3)C2)cn1. The van der Waals surface area contributed by atoms with E-state index in [1.54, 1.807) is 6.20 Å². The Bertz CT molecular complexity index is 672. The zero-order chi connectivity index (χ0) is 17.5. The highest BCUT2D eigenvalue weighted by molar-refractivity contribution is 5.93. The number of amides is 1. The molecule has 1 amide bonds. The summed E-state index contributed by atoms with van der Waals surface area (Å²) in [6.45, 7) is 5.77. The number of aryl methyl sites for hydroxylation is 1. The Morgan fingerprint density at radius 2 is 2.20 bits per heavy atom. The first-order chi connectivity index (χ1) is 12.2. The summed E-state index contributed by atoms with van der Waals surface area (Å²) in [4.78, 5) is 23.2. The molecule has 5 heteroatoms. The molecule has 132 valence electrons. The number of rotatable bonds is 6. The Kier molecular flexibility index (Phi) is 6.12. The number of likely N-dealkylation sites (tertiary alicyclic amines) is 1. The molecule has 1 aliphatic rings. The molecule has 3 rings (SSSR count). The Labute approximate surface area is 149 Å². The number of hydrogen-bond acceptors (Lipinski definition) is 4. The van der Waals surface area contributed by atoms with Crippen molar-refractivity contribution in [2.24, 2.45) is 5.92 Å². The van der Waals surface area contributed by atoms with Gasteiger partial charge in [-0.3, -0.25) is 19.7 Å². The van der Waals surface area contributed by atoms with Gasteiger partial charge in [0.2, 0.25) is 0 Å². The minimum absolute atomic E-state index is 0.0337. The Balaban J connectivity index is 1.42. The van der Waals surface area contributed by atoms with Crippen LogP contribution in [0.25, 0.3) is 0 Å². The molecule has 1 unspecified atom stereocenters. The fourth-order valence-electron chi connectivity index (χ4n) is 3.35. The highest BCUT2D eigenvalue weighted by atomic mass is 16.1. The van der Waals surface area contributed by atoms with Crippen LogP contribution in [0.3, 0.4) is 0 Å². The van der Waals surface area contributed by atoms with E-state index in [0.717, 1.165) is 44.0 Å². The van der Waals surface area contributed by atoms with Crippen LogP contribution in [0.15, 0.2) is 42.7 Å². The number of hydrogen-bond donors (Lipinski definition) is 1. The number of carbonyl (C=O) groups excluding carboxylic acids is 1. The van der Waals surface area contributed by atoms with Gasteiger partial charge in [-0.2, -0.15) is 0 Å². The maximum absolute atomic E-state index is 12.1. The molecule has 0 bridgehead atoms. The molecule has 2 aromatic rings. The van der Waals surface area contributed by atoms with Gasteiger partial charge in [0, 0.05) is 37.7 Å². The third-order valence-electron chi connectivity index (χ3n) is 4.73. The van der Waals surface area contributed by atoms with Crippen LogP contribution in [0, 0.1) is 12.8 Å². The number of aromatic nitrogens is 2. The molecule has 1 aliphatic heterocycles. The molecule has 3 heterocycles. The van der Waals surface area contributed by atoms with Crippen LogP contribution >= 0.6 is 0 Å². The predicted molar refractivity (Wildman–Crippen MR) is 98.2 cm³/mol. The summed E-state index contributed by atoms with van der Waals surface area (Å²) in [6, 6.07) is 9.77. The van der Waals surface area contributed by atoms with E-state index in [9.17, 15) is 4.79 Å². The van der Waals surface area contributed by atoms with Crippen LogP contribution in [0.1, 0.15) is 41.0 Å². The normalized spacial score (nSPS) is 18.0. The molecule has 0 aliphatic carbocycles. The van der Waals surface area contributed by atoms with E-state index in [-0.39, 0.29) is 5.91 Å². The van der Waals surface area contributed by atoms with Gasteiger partial charge in [0.15, 0.2) is 0 Å². The number of pyridine rings is 2. The molecule has 2 aromatic heterocycles. The third kappa shape index (κ3) is 5.36. The summed E-state index contributed by atoms with van der Waals surface area (Å²) in [5.74, 6) is 0.600. The van der Waals surface area contributed by atoms with Gasteiger partial charge >= 0.3 is 0 Å². The zero-order valence-corrected chi connectivity index (χ0v) is 14.8. The summed E-state index contributed by atoms with van der Waals surface area (Å²) >= 11 is 0. The summed E-state index contributed by atoms with van der Waals surface area (Å²) in [6.07, 6.45) is 6.96. The van der Waals surface area contributed by atoms with E-state index in [4.69, 9.17) is 0 Å². The predicted octanol–water partition coefficient (Wildman–Crippen LogP) is 2.82. The molecule has 0 saturated carbocycles. The lowest BCUT2D eigenvalue weighted by Crippen LogP contribution is -2.36. The van der Waals surface area contributed by atoms with E-state index in [1.165, 1.54) is 12.8 Å². The lowest BCUT2D eigenvalue weighted by Gasteiger charge is -2.32. The molecule has 5 nitrogen and oxygen atoms in total. The molecule has 1 N–H and O–H groups in total. The van der Waals surface area contributed by atoms with E-state index < -0.39 is 0 Å². The third-order valence-corrected chi connectivity index (χ3v) is 4.73. The van der Waals surface area contributed by atoms with Crippen LogP contribution < -0.4 is 5.32 Å². The molecular formula is C20H26N4O. The Morgan fingerprint density at radius 3 is 2.96 bits per heavy atom. The van der Waals surface area contributed by atoms with E-state index >= 15 is 0 Å². The maximum atomic E-state index is 12.1. The standard InChI is InChI=1S/C20H26N4O/c1-16-7-8-18(13-23-16)20(25)22-11-9-17-5-4-12-24(14-17)15-19-6-2-3-10-21-19/h2-3,6-8,10,13,17H,4-5,9,11-12,14-15H2,1H3,(H,22,25). The van der Waals surface area contributed by atoms with Crippen LogP contribution in [0.5, 0.6) is 0 Å². The van der Waals surface area contributed by atoms with Crippen LogP contribution in [-0.2, 0) is 6.54 Å². The molecule has 1 fully saturated rings. The van der Waals surface area contributed by atoms with Crippen molar-refractivity contribution in [1.29, 1.82) is 0 Å². The van der Waals surface area contributed by atoms with Crippen molar-refractivity contribution in [3.05, 3.63) is 59.7 Å². The van der Waals surface area contributed by atoms with Gasteiger partial charge in [-0.05, 0) is 62.9 Å². The summed E-state index contributed by atoms with van der Waals surface area (Å²) in [5, 5.41) is 3.02. The second-order valence-electron chi connectivity index (χ2n) is 6.80. The van der Waals surface area contributed by atoms with Crippen molar-refractivity contribution >= 4 is 5.91 Å². The van der Waals surface area contributed by atoms with Crippen molar-refractivity contribution in [3.63, 3.8) is 0 Å². The highest BCUT2D eigenvalue weighted by Gasteiger charge is 2.20. The molecule has 0 aromatic carbocycles. The van der Waals surface area contributed by atoms with Crippen molar-refractivity contribution < 1.29 is 4.79 Å². The molecule has 25 heavy (non-hydrogen) atoms. The lowest BCUT2D eigenvalue weighted by atomic mass is 9.94. The number of piperidine rings is 1. The van der Waals surface area contributed by atoms with Gasteiger partial charge in [0.05, 0.1) is 11.3 Å². The minimum atomic E-state index is -0.0337. The zero-order valence-electron chi connectivity index (χ0n) is 14.8. The first kappa shape index (κ1) is 17.5.